The van der Waals surface area contributed by atoms with Crippen LogP contribution in [0.25, 0.3) is 0 Å². The monoisotopic (exact) mass is 450 g/mol. The maximum Gasteiger partial charge on any atom is 0.247 e. The van der Waals surface area contributed by atoms with Crippen LogP contribution in [0.1, 0.15) is 57.1 Å². The molecule has 1 fully saturated rings. The van der Waals surface area contributed by atoms with Gasteiger partial charge in [0.2, 0.25) is 11.8 Å². The van der Waals surface area contributed by atoms with Gasteiger partial charge in [0.15, 0.2) is 11.5 Å². The van der Waals surface area contributed by atoms with E-state index in [2.05, 4.69) is 5.32 Å². The zero-order chi connectivity index (χ0) is 23.4. The number of amides is 2. The maximum absolute atomic E-state index is 13.4. The van der Waals surface area contributed by atoms with Crippen molar-refractivity contribution in [2.75, 3.05) is 12.4 Å². The van der Waals surface area contributed by atoms with Crippen molar-refractivity contribution in [3.63, 3.8) is 0 Å². The number of nitrogens with zero attached hydrogens (tertiary/aromatic N) is 1. The van der Waals surface area contributed by atoms with Gasteiger partial charge in [-0.2, -0.15) is 0 Å². The number of anilines is 1. The number of ether oxygens (including phenoxy) is 2. The Kier molecular flexibility index (Phi) is 7.21. The third-order valence-electron chi connectivity index (χ3n) is 6.48. The lowest BCUT2D eigenvalue weighted by molar-refractivity contribution is -0.140. The number of carbonyl (C=O) groups excluding carboxylic acids is 2. The lowest BCUT2D eigenvalue weighted by Crippen LogP contribution is -2.50. The molecule has 1 atom stereocenters. The summed E-state index contributed by atoms with van der Waals surface area (Å²) < 4.78 is 11.6. The summed E-state index contributed by atoms with van der Waals surface area (Å²) in [7, 11) is 1.62. The zero-order valence-corrected chi connectivity index (χ0v) is 19.8. The van der Waals surface area contributed by atoms with Crippen LogP contribution < -0.4 is 14.8 Å². The van der Waals surface area contributed by atoms with Crippen molar-refractivity contribution in [3.05, 3.63) is 53.6 Å². The third kappa shape index (κ3) is 5.49. The largest absolute Gasteiger partial charge is 0.493 e. The lowest BCUT2D eigenvalue weighted by atomic mass is 9.92. The Bertz CT molecular complexity index is 997. The average Bonchev–Trinajstić information content (AvgIpc) is 3.31. The van der Waals surface area contributed by atoms with Gasteiger partial charge in [-0.1, -0.05) is 38.1 Å². The third-order valence-corrected chi connectivity index (χ3v) is 6.48. The SMILES string of the molecule is COc1ccc(NC(=O)C2Cc3ccccc3CN2C(=O)CC(C)C)cc1OC1CCCC1. The van der Waals surface area contributed by atoms with Gasteiger partial charge < -0.3 is 19.7 Å². The van der Waals surface area contributed by atoms with Crippen LogP contribution in [0, 0.1) is 5.92 Å². The van der Waals surface area contributed by atoms with E-state index in [4.69, 9.17) is 9.47 Å². The molecule has 6 heteroatoms. The Morgan fingerprint density at radius 1 is 1.06 bits per heavy atom. The van der Waals surface area contributed by atoms with Crippen LogP contribution in [-0.2, 0) is 22.6 Å². The fraction of sp³-hybridized carbons (Fsp3) is 0.481. The van der Waals surface area contributed by atoms with Crippen molar-refractivity contribution < 1.29 is 19.1 Å². The number of benzene rings is 2. The first-order valence-electron chi connectivity index (χ1n) is 12.0. The number of methoxy groups -OCH3 is 1. The topological polar surface area (TPSA) is 67.9 Å². The molecular formula is C27H34N2O4. The second-order valence-corrected chi connectivity index (χ2v) is 9.49. The van der Waals surface area contributed by atoms with Crippen molar-refractivity contribution in [3.8, 4) is 11.5 Å². The molecule has 2 aromatic rings. The minimum atomic E-state index is -0.549. The van der Waals surface area contributed by atoms with E-state index in [9.17, 15) is 9.59 Å². The van der Waals surface area contributed by atoms with Crippen LogP contribution in [0.2, 0.25) is 0 Å². The molecule has 2 amide bonds. The van der Waals surface area contributed by atoms with E-state index >= 15 is 0 Å². The highest BCUT2D eigenvalue weighted by Gasteiger charge is 2.34. The summed E-state index contributed by atoms with van der Waals surface area (Å²) in [5.74, 6) is 1.36. The predicted octanol–water partition coefficient (Wildman–Crippen LogP) is 4.95. The Morgan fingerprint density at radius 2 is 1.79 bits per heavy atom. The van der Waals surface area contributed by atoms with Crippen molar-refractivity contribution in [1.82, 2.24) is 4.90 Å². The molecule has 6 nitrogen and oxygen atoms in total. The molecule has 176 valence electrons. The van der Waals surface area contributed by atoms with Gasteiger partial charge in [0, 0.05) is 31.1 Å². The maximum atomic E-state index is 13.4. The highest BCUT2D eigenvalue weighted by molar-refractivity contribution is 5.98. The van der Waals surface area contributed by atoms with Crippen LogP contribution in [0.4, 0.5) is 5.69 Å². The molecule has 1 aliphatic heterocycles. The van der Waals surface area contributed by atoms with Gasteiger partial charge in [-0.05, 0) is 54.9 Å². The molecule has 2 aromatic carbocycles. The molecule has 2 aliphatic rings. The number of nitrogens with one attached hydrogen (secondary N) is 1. The van der Waals surface area contributed by atoms with E-state index in [0.717, 1.165) is 24.0 Å². The van der Waals surface area contributed by atoms with Crippen molar-refractivity contribution in [1.29, 1.82) is 0 Å². The van der Waals surface area contributed by atoms with Crippen LogP contribution in [-0.4, -0.2) is 36.0 Å². The van der Waals surface area contributed by atoms with Gasteiger partial charge in [-0.15, -0.1) is 0 Å². The van der Waals surface area contributed by atoms with Gasteiger partial charge >= 0.3 is 0 Å². The quantitative estimate of drug-likeness (QED) is 0.648. The summed E-state index contributed by atoms with van der Waals surface area (Å²) in [5.41, 5.74) is 2.87. The number of carbonyl (C=O) groups is 2. The first-order chi connectivity index (χ1) is 15.9. The van der Waals surface area contributed by atoms with E-state index in [1.807, 2.05) is 56.3 Å². The van der Waals surface area contributed by atoms with Crippen molar-refractivity contribution in [2.24, 2.45) is 5.92 Å². The molecule has 1 heterocycles. The second kappa shape index (κ2) is 10.3. The number of fused-ring (bicyclic) bond motifs is 1. The first-order valence-corrected chi connectivity index (χ1v) is 12.0. The Balaban J connectivity index is 1.54. The molecule has 33 heavy (non-hydrogen) atoms. The van der Waals surface area contributed by atoms with E-state index < -0.39 is 6.04 Å². The molecule has 0 aromatic heterocycles. The van der Waals surface area contributed by atoms with Gasteiger partial charge in [0.25, 0.3) is 0 Å². The van der Waals surface area contributed by atoms with E-state index in [1.165, 1.54) is 12.8 Å². The second-order valence-electron chi connectivity index (χ2n) is 9.49. The minimum Gasteiger partial charge on any atom is -0.493 e. The number of hydrogen-bond acceptors (Lipinski definition) is 4. The van der Waals surface area contributed by atoms with Crippen LogP contribution in [0.5, 0.6) is 11.5 Å². The van der Waals surface area contributed by atoms with E-state index in [1.54, 1.807) is 12.0 Å². The summed E-state index contributed by atoms with van der Waals surface area (Å²) in [6.07, 6.45) is 5.53. The average molecular weight is 451 g/mol. The summed E-state index contributed by atoms with van der Waals surface area (Å²) >= 11 is 0. The predicted molar refractivity (Wildman–Crippen MR) is 128 cm³/mol. The van der Waals surface area contributed by atoms with E-state index in [-0.39, 0.29) is 23.8 Å². The smallest absolute Gasteiger partial charge is 0.247 e. The van der Waals surface area contributed by atoms with Crippen LogP contribution in [0.3, 0.4) is 0 Å². The lowest BCUT2D eigenvalue weighted by Gasteiger charge is -2.36. The first kappa shape index (κ1) is 23.1. The van der Waals surface area contributed by atoms with E-state index in [0.29, 0.717) is 36.6 Å². The number of hydrogen-bond donors (Lipinski definition) is 1. The molecule has 1 N–H and O–H groups in total. The fourth-order valence-electron chi connectivity index (χ4n) is 4.74. The normalized spacial score (nSPS) is 18.2. The van der Waals surface area contributed by atoms with Crippen molar-refractivity contribution in [2.45, 2.75) is 71.1 Å². The van der Waals surface area contributed by atoms with Gasteiger partial charge in [-0.3, -0.25) is 9.59 Å². The summed E-state index contributed by atoms with van der Waals surface area (Å²) in [6, 6.07) is 12.9. The van der Waals surface area contributed by atoms with Gasteiger partial charge in [0.05, 0.1) is 13.2 Å². The highest BCUT2D eigenvalue weighted by Crippen LogP contribution is 2.34. The molecule has 0 spiro atoms. The molecule has 1 saturated carbocycles. The highest BCUT2D eigenvalue weighted by atomic mass is 16.5. The molecule has 0 bridgehead atoms. The van der Waals surface area contributed by atoms with Gasteiger partial charge in [0.1, 0.15) is 6.04 Å². The summed E-state index contributed by atoms with van der Waals surface area (Å²) in [5, 5.41) is 3.03. The molecule has 1 aliphatic carbocycles. The summed E-state index contributed by atoms with van der Waals surface area (Å²) in [4.78, 5) is 28.2. The summed E-state index contributed by atoms with van der Waals surface area (Å²) in [6.45, 7) is 4.50. The number of rotatable bonds is 7. The fourth-order valence-corrected chi connectivity index (χ4v) is 4.74. The van der Waals surface area contributed by atoms with Gasteiger partial charge in [-0.25, -0.2) is 0 Å². The van der Waals surface area contributed by atoms with Crippen LogP contribution in [0.15, 0.2) is 42.5 Å². The van der Waals surface area contributed by atoms with Crippen LogP contribution >= 0.6 is 0 Å². The Hall–Kier alpha value is -3.02. The standard InChI is InChI=1S/C27H34N2O4/c1-18(2)14-26(30)29-17-20-9-5-4-8-19(20)15-23(29)27(31)28-21-12-13-24(32-3)25(16-21)33-22-10-6-7-11-22/h4-5,8-9,12-13,16,18,22-23H,6-7,10-11,14-15,17H2,1-3H3,(H,28,31). The zero-order valence-electron chi connectivity index (χ0n) is 19.8. The Labute approximate surface area is 196 Å². The molecular weight excluding hydrogens is 416 g/mol. The molecule has 1 unspecified atom stereocenters. The molecule has 4 rings (SSSR count). The Morgan fingerprint density at radius 3 is 2.48 bits per heavy atom. The minimum absolute atomic E-state index is 0.0136. The molecule has 0 saturated heterocycles. The van der Waals surface area contributed by atoms with Crippen molar-refractivity contribution >= 4 is 17.5 Å². The molecule has 0 radical (unpaired) electrons.